The Labute approximate surface area is 105 Å². The molecule has 2 aromatic rings. The molecule has 5 nitrogen and oxygen atoms in total. The van der Waals surface area contributed by atoms with Crippen LogP contribution in [-0.4, -0.2) is 9.91 Å². The number of aromatic nitrogens is 1. The first-order chi connectivity index (χ1) is 8.75. The number of rotatable bonds is 5. The molecule has 1 aromatic carbocycles. The number of nitro benzene ring substituents is 1. The first kappa shape index (κ1) is 12.2. The van der Waals surface area contributed by atoms with Gasteiger partial charge < -0.3 is 5.32 Å². The number of hydrogen-bond acceptors (Lipinski definition) is 4. The van der Waals surface area contributed by atoms with Crippen molar-refractivity contribution in [1.29, 1.82) is 0 Å². The second-order valence-corrected chi connectivity index (χ2v) is 3.89. The summed E-state index contributed by atoms with van der Waals surface area (Å²) in [4.78, 5) is 14.2. The van der Waals surface area contributed by atoms with Gasteiger partial charge in [-0.15, -0.1) is 0 Å². The molecule has 0 saturated carbocycles. The minimum absolute atomic E-state index is 0.123. The molecule has 0 aliphatic rings. The van der Waals surface area contributed by atoms with Gasteiger partial charge in [0.1, 0.15) is 0 Å². The lowest BCUT2D eigenvalue weighted by molar-refractivity contribution is -0.384. The zero-order valence-corrected chi connectivity index (χ0v) is 9.74. The molecule has 0 saturated heterocycles. The summed E-state index contributed by atoms with van der Waals surface area (Å²) < 4.78 is 0. The molecule has 1 N–H and O–H groups in total. The van der Waals surface area contributed by atoms with E-state index in [1.54, 1.807) is 24.5 Å². The van der Waals surface area contributed by atoms with Crippen molar-refractivity contribution < 1.29 is 4.92 Å². The summed E-state index contributed by atoms with van der Waals surface area (Å²) in [6.45, 7) is 1.31. The molecule has 0 spiro atoms. The molecule has 0 atom stereocenters. The number of nitro groups is 1. The lowest BCUT2D eigenvalue weighted by atomic mass is 10.2. The van der Waals surface area contributed by atoms with E-state index in [1.807, 2.05) is 18.2 Å². The van der Waals surface area contributed by atoms with Crippen molar-refractivity contribution in [3.63, 3.8) is 0 Å². The minimum atomic E-state index is -0.383. The Morgan fingerprint density at radius 2 is 1.83 bits per heavy atom. The van der Waals surface area contributed by atoms with Gasteiger partial charge in [-0.1, -0.05) is 12.1 Å². The highest BCUT2D eigenvalue weighted by molar-refractivity contribution is 5.34. The highest BCUT2D eigenvalue weighted by atomic mass is 16.6. The van der Waals surface area contributed by atoms with Gasteiger partial charge in [-0.05, 0) is 23.3 Å². The average Bonchev–Trinajstić information content (AvgIpc) is 2.40. The summed E-state index contributed by atoms with van der Waals surface area (Å²) in [6.07, 6.45) is 3.48. The predicted molar refractivity (Wildman–Crippen MR) is 67.9 cm³/mol. The molecule has 18 heavy (non-hydrogen) atoms. The molecular formula is C13H13N3O2. The van der Waals surface area contributed by atoms with Gasteiger partial charge in [-0.2, -0.15) is 0 Å². The van der Waals surface area contributed by atoms with Crippen LogP contribution in [0.5, 0.6) is 0 Å². The van der Waals surface area contributed by atoms with Crippen molar-refractivity contribution in [2.75, 3.05) is 0 Å². The van der Waals surface area contributed by atoms with Gasteiger partial charge in [0.25, 0.3) is 5.69 Å². The lowest BCUT2D eigenvalue weighted by Gasteiger charge is -2.04. The number of nitrogens with zero attached hydrogens (tertiary/aromatic N) is 2. The van der Waals surface area contributed by atoms with Crippen LogP contribution in [0.1, 0.15) is 11.1 Å². The molecule has 92 valence electrons. The zero-order chi connectivity index (χ0) is 12.8. The maximum Gasteiger partial charge on any atom is 0.269 e. The summed E-state index contributed by atoms with van der Waals surface area (Å²) in [7, 11) is 0. The van der Waals surface area contributed by atoms with Crippen LogP contribution in [0.4, 0.5) is 5.69 Å². The second-order valence-electron chi connectivity index (χ2n) is 3.89. The maximum atomic E-state index is 10.6. The van der Waals surface area contributed by atoms with Gasteiger partial charge in [0.2, 0.25) is 0 Å². The van der Waals surface area contributed by atoms with Crippen LogP contribution in [-0.2, 0) is 13.1 Å². The van der Waals surface area contributed by atoms with Crippen molar-refractivity contribution in [2.24, 2.45) is 0 Å². The number of nitrogens with one attached hydrogen (secondary N) is 1. The van der Waals surface area contributed by atoms with Gasteiger partial charge in [0.15, 0.2) is 0 Å². The molecule has 0 fully saturated rings. The second kappa shape index (κ2) is 5.88. The van der Waals surface area contributed by atoms with E-state index in [9.17, 15) is 10.1 Å². The molecular weight excluding hydrogens is 230 g/mol. The van der Waals surface area contributed by atoms with Crippen LogP contribution in [0.15, 0.2) is 48.8 Å². The predicted octanol–water partition coefficient (Wildman–Crippen LogP) is 2.28. The third-order valence-corrected chi connectivity index (χ3v) is 2.53. The summed E-state index contributed by atoms with van der Waals surface area (Å²) >= 11 is 0. The molecule has 0 aliphatic heterocycles. The van der Waals surface area contributed by atoms with E-state index >= 15 is 0 Å². The molecule has 0 bridgehead atoms. The fraction of sp³-hybridized carbons (Fsp3) is 0.154. The van der Waals surface area contributed by atoms with E-state index in [2.05, 4.69) is 10.3 Å². The molecule has 5 heteroatoms. The number of pyridine rings is 1. The molecule has 0 unspecified atom stereocenters. The Hall–Kier alpha value is -2.27. The normalized spacial score (nSPS) is 10.2. The van der Waals surface area contributed by atoms with Crippen LogP contribution < -0.4 is 5.32 Å². The van der Waals surface area contributed by atoms with Crippen LogP contribution in [0, 0.1) is 10.1 Å². The smallest absolute Gasteiger partial charge is 0.269 e. The fourth-order valence-corrected chi connectivity index (χ4v) is 1.63. The molecule has 0 aliphatic carbocycles. The standard InChI is InChI=1S/C13H13N3O2/c17-16(18)13-3-1-2-12(8-13)10-15-9-11-4-6-14-7-5-11/h1-8,15H,9-10H2. The quantitative estimate of drug-likeness (QED) is 0.646. The molecule has 1 aromatic heterocycles. The average molecular weight is 243 g/mol. The Kier molecular flexibility index (Phi) is 3.98. The molecule has 1 heterocycles. The van der Waals surface area contributed by atoms with Crippen molar-refractivity contribution in [3.05, 3.63) is 70.0 Å². The fourth-order valence-electron chi connectivity index (χ4n) is 1.63. The summed E-state index contributed by atoms with van der Waals surface area (Å²) in [5.41, 5.74) is 2.16. The summed E-state index contributed by atoms with van der Waals surface area (Å²) in [5.74, 6) is 0. The molecule has 2 rings (SSSR count). The monoisotopic (exact) mass is 243 g/mol. The van der Waals surface area contributed by atoms with E-state index in [0.29, 0.717) is 13.1 Å². The maximum absolute atomic E-state index is 10.6. The van der Waals surface area contributed by atoms with Crippen molar-refractivity contribution in [3.8, 4) is 0 Å². The number of hydrogen-bond donors (Lipinski definition) is 1. The van der Waals surface area contributed by atoms with Crippen LogP contribution >= 0.6 is 0 Å². The van der Waals surface area contributed by atoms with E-state index in [0.717, 1.165) is 11.1 Å². The van der Waals surface area contributed by atoms with Crippen LogP contribution in [0.25, 0.3) is 0 Å². The Bertz CT molecular complexity index is 529. The van der Waals surface area contributed by atoms with E-state index in [1.165, 1.54) is 6.07 Å². The lowest BCUT2D eigenvalue weighted by Crippen LogP contribution is -2.12. The van der Waals surface area contributed by atoms with Crippen molar-refractivity contribution >= 4 is 5.69 Å². The topological polar surface area (TPSA) is 68.1 Å². The SMILES string of the molecule is O=[N+]([O-])c1cccc(CNCc2ccncc2)c1. The first-order valence-corrected chi connectivity index (χ1v) is 5.58. The largest absolute Gasteiger partial charge is 0.309 e. The Morgan fingerprint density at radius 1 is 1.11 bits per heavy atom. The minimum Gasteiger partial charge on any atom is -0.309 e. The van der Waals surface area contributed by atoms with E-state index in [4.69, 9.17) is 0 Å². The van der Waals surface area contributed by atoms with Crippen molar-refractivity contribution in [1.82, 2.24) is 10.3 Å². The summed E-state index contributed by atoms with van der Waals surface area (Å²) in [5, 5.41) is 13.9. The van der Waals surface area contributed by atoms with Gasteiger partial charge in [-0.3, -0.25) is 15.1 Å². The van der Waals surface area contributed by atoms with E-state index in [-0.39, 0.29) is 10.6 Å². The van der Waals surface area contributed by atoms with Gasteiger partial charge in [-0.25, -0.2) is 0 Å². The van der Waals surface area contributed by atoms with Gasteiger partial charge in [0, 0.05) is 37.6 Å². The van der Waals surface area contributed by atoms with Crippen LogP contribution in [0.2, 0.25) is 0 Å². The third-order valence-electron chi connectivity index (χ3n) is 2.53. The third kappa shape index (κ3) is 3.36. The Morgan fingerprint density at radius 3 is 2.56 bits per heavy atom. The van der Waals surface area contributed by atoms with Crippen molar-refractivity contribution in [2.45, 2.75) is 13.1 Å². The van der Waals surface area contributed by atoms with Crippen LogP contribution in [0.3, 0.4) is 0 Å². The number of benzene rings is 1. The molecule has 0 radical (unpaired) electrons. The highest BCUT2D eigenvalue weighted by Gasteiger charge is 2.04. The van der Waals surface area contributed by atoms with Gasteiger partial charge in [0.05, 0.1) is 4.92 Å². The van der Waals surface area contributed by atoms with Gasteiger partial charge >= 0.3 is 0 Å². The zero-order valence-electron chi connectivity index (χ0n) is 9.74. The van der Waals surface area contributed by atoms with E-state index < -0.39 is 0 Å². The first-order valence-electron chi connectivity index (χ1n) is 5.58. The summed E-state index contributed by atoms with van der Waals surface area (Å²) in [6, 6.07) is 10.5. The highest BCUT2D eigenvalue weighted by Crippen LogP contribution is 2.12. The Balaban J connectivity index is 1.90. The molecule has 0 amide bonds. The number of non-ortho nitro benzene ring substituents is 1.